The number of imidazole rings is 2. The van der Waals surface area contributed by atoms with Crippen LogP contribution in [0.5, 0.6) is 0 Å². The van der Waals surface area contributed by atoms with Gasteiger partial charge in [-0.05, 0) is 47.8 Å². The average Bonchev–Trinajstić information content (AvgIpc) is 4.06. The molecule has 57 heavy (non-hydrogen) atoms. The Morgan fingerprint density at radius 2 is 1.21 bits per heavy atom. The number of hydrogen-bond donors (Lipinski definition) is 3. The third-order valence-electron chi connectivity index (χ3n) is 11.0. The fraction of sp³-hybridized carbons (Fsp3) is 0.372. The minimum atomic E-state index is -1.22. The number of ether oxygens (including phenoxy) is 1. The van der Waals surface area contributed by atoms with Gasteiger partial charge in [0, 0.05) is 12.8 Å². The Kier molecular flexibility index (Phi) is 11.8. The molecule has 2 aromatic heterocycles. The van der Waals surface area contributed by atoms with E-state index in [-0.39, 0.29) is 31.8 Å². The lowest BCUT2D eigenvalue weighted by atomic mass is 10.0. The van der Waals surface area contributed by atoms with Gasteiger partial charge in [0.05, 0.1) is 56.1 Å². The highest BCUT2D eigenvalue weighted by Gasteiger charge is 2.42. The van der Waals surface area contributed by atoms with Crippen LogP contribution in [0.15, 0.2) is 91.3 Å². The number of methoxy groups -OCH3 is 1. The number of alkyl carbamates (subject to hydrolysis) is 1. The molecule has 14 heteroatoms. The normalized spacial score (nSPS) is 20.5. The fourth-order valence-electron chi connectivity index (χ4n) is 8.00. The maximum atomic E-state index is 15.0. The number of carbonyl (C=O) groups is 3. The Balaban J connectivity index is 1.03. The molecule has 0 saturated carbocycles. The number of nitrogens with one attached hydrogen (secondary N) is 3. The standard InChI is InChI=1S/C43H48F2N8O4/c1-5-51(6-2)38(31-10-8-7-9-11-31)42(55)53-25-33(45)21-37(53)40-47-23-35(50-40)30-18-14-28(15-19-30)27-12-16-29(17-13-27)34-22-46-39(49-34)36-20-32(44)24-52(36)41(54)26(3)48-43(56)57-4/h7-19,22-23,26,32-33,36-38H,5-6,20-21,24-25H2,1-4H3,(H,46,49)(H,47,50)(H,48,56)/t26-,32-,33-,36-,37-,38+/m0/s1. The lowest BCUT2D eigenvalue weighted by Crippen LogP contribution is -2.47. The van der Waals surface area contributed by atoms with Crippen molar-refractivity contribution in [1.29, 1.82) is 0 Å². The third-order valence-corrected chi connectivity index (χ3v) is 11.0. The maximum Gasteiger partial charge on any atom is 0.407 e. The average molecular weight is 779 g/mol. The lowest BCUT2D eigenvalue weighted by Gasteiger charge is -2.34. The van der Waals surface area contributed by atoms with Crippen LogP contribution in [0, 0.1) is 0 Å². The second kappa shape index (κ2) is 17.1. The molecule has 3 aromatic carbocycles. The lowest BCUT2D eigenvalue weighted by molar-refractivity contribution is -0.138. The van der Waals surface area contributed by atoms with E-state index in [1.54, 1.807) is 17.3 Å². The minimum Gasteiger partial charge on any atom is -0.453 e. The van der Waals surface area contributed by atoms with Gasteiger partial charge in [-0.25, -0.2) is 23.5 Å². The summed E-state index contributed by atoms with van der Waals surface area (Å²) in [5.41, 5.74) is 6.15. The molecule has 2 saturated heterocycles. The van der Waals surface area contributed by atoms with Crippen molar-refractivity contribution >= 4 is 17.9 Å². The van der Waals surface area contributed by atoms with Crippen LogP contribution in [0.25, 0.3) is 33.6 Å². The van der Waals surface area contributed by atoms with Crippen LogP contribution in [0.3, 0.4) is 0 Å². The number of benzene rings is 3. The fourth-order valence-corrected chi connectivity index (χ4v) is 8.00. The number of rotatable bonds is 12. The number of H-pyrrole nitrogens is 2. The quantitative estimate of drug-likeness (QED) is 0.122. The summed E-state index contributed by atoms with van der Waals surface area (Å²) in [6.45, 7) is 6.89. The number of likely N-dealkylation sites (tertiary alicyclic amines) is 2. The third kappa shape index (κ3) is 8.31. The van der Waals surface area contributed by atoms with Crippen molar-refractivity contribution in [2.75, 3.05) is 33.3 Å². The monoisotopic (exact) mass is 778 g/mol. The van der Waals surface area contributed by atoms with E-state index < -0.39 is 48.5 Å². The maximum absolute atomic E-state index is 15.0. The van der Waals surface area contributed by atoms with Crippen LogP contribution in [0.1, 0.15) is 69.0 Å². The van der Waals surface area contributed by atoms with Gasteiger partial charge in [0.1, 0.15) is 36.1 Å². The van der Waals surface area contributed by atoms with Gasteiger partial charge >= 0.3 is 6.09 Å². The van der Waals surface area contributed by atoms with E-state index in [9.17, 15) is 18.8 Å². The Bertz CT molecular complexity index is 2160. The number of carbonyl (C=O) groups excluding carboxylic acids is 3. The zero-order valence-corrected chi connectivity index (χ0v) is 32.5. The van der Waals surface area contributed by atoms with E-state index in [4.69, 9.17) is 0 Å². The van der Waals surface area contributed by atoms with Crippen LogP contribution < -0.4 is 5.32 Å². The molecule has 6 atom stereocenters. The van der Waals surface area contributed by atoms with Crippen LogP contribution in [-0.4, -0.2) is 104 Å². The summed E-state index contributed by atoms with van der Waals surface area (Å²) in [5, 5.41) is 2.45. The zero-order valence-electron chi connectivity index (χ0n) is 32.5. The van der Waals surface area contributed by atoms with Gasteiger partial charge in [0.15, 0.2) is 0 Å². The molecule has 5 aromatic rings. The minimum absolute atomic E-state index is 0.0237. The van der Waals surface area contributed by atoms with Crippen LogP contribution >= 0.6 is 0 Å². The van der Waals surface area contributed by atoms with Crippen molar-refractivity contribution in [3.63, 3.8) is 0 Å². The van der Waals surface area contributed by atoms with Crippen LogP contribution in [0.2, 0.25) is 0 Å². The van der Waals surface area contributed by atoms with Gasteiger partial charge in [-0.1, -0.05) is 92.7 Å². The molecule has 7 rings (SSSR count). The molecule has 3 N–H and O–H groups in total. The summed E-state index contributed by atoms with van der Waals surface area (Å²) in [4.78, 5) is 59.9. The molecule has 0 unspecified atom stereocenters. The van der Waals surface area contributed by atoms with Crippen LogP contribution in [0.4, 0.5) is 13.6 Å². The number of amides is 3. The van der Waals surface area contributed by atoms with E-state index >= 15 is 4.39 Å². The van der Waals surface area contributed by atoms with Crippen molar-refractivity contribution in [3.05, 3.63) is 108 Å². The van der Waals surface area contributed by atoms with E-state index in [1.165, 1.54) is 18.9 Å². The highest BCUT2D eigenvalue weighted by atomic mass is 19.1. The molecule has 4 heterocycles. The largest absolute Gasteiger partial charge is 0.453 e. The first kappa shape index (κ1) is 39.3. The first-order valence-corrected chi connectivity index (χ1v) is 19.4. The predicted molar refractivity (Wildman–Crippen MR) is 212 cm³/mol. The summed E-state index contributed by atoms with van der Waals surface area (Å²) in [5.74, 6) is 0.489. The van der Waals surface area contributed by atoms with E-state index in [2.05, 4.69) is 34.9 Å². The molecule has 0 aliphatic carbocycles. The number of likely N-dealkylation sites (N-methyl/N-ethyl adjacent to an activating group) is 1. The second-order valence-corrected chi connectivity index (χ2v) is 14.6. The van der Waals surface area contributed by atoms with Gasteiger partial charge < -0.3 is 29.8 Å². The van der Waals surface area contributed by atoms with Gasteiger partial charge in [0.2, 0.25) is 11.8 Å². The van der Waals surface area contributed by atoms with Crippen molar-refractivity contribution in [3.8, 4) is 33.6 Å². The van der Waals surface area contributed by atoms with Gasteiger partial charge in [0.25, 0.3) is 0 Å². The molecule has 3 amide bonds. The van der Waals surface area contributed by atoms with Gasteiger partial charge in [-0.3, -0.25) is 14.5 Å². The van der Waals surface area contributed by atoms with Crippen LogP contribution in [-0.2, 0) is 14.3 Å². The second-order valence-electron chi connectivity index (χ2n) is 14.6. The van der Waals surface area contributed by atoms with Crippen molar-refractivity contribution in [2.24, 2.45) is 0 Å². The first-order valence-electron chi connectivity index (χ1n) is 19.4. The Morgan fingerprint density at radius 1 is 0.754 bits per heavy atom. The van der Waals surface area contributed by atoms with Gasteiger partial charge in [-0.2, -0.15) is 0 Å². The molecule has 298 valence electrons. The number of hydrogen-bond acceptors (Lipinski definition) is 7. The number of nitrogens with zero attached hydrogens (tertiary/aromatic N) is 5. The molecule has 2 aliphatic heterocycles. The SMILES string of the molecule is CCN(CC)[C@@H](C(=O)N1C[C@@H](F)C[C@H]1c1ncc(-c2ccc(-c3ccc(-c4cnc([C@@H]5C[C@H](F)CN5C(=O)[C@H](C)NC(=O)OC)[nH]4)cc3)cc2)[nH]1)c1ccccc1. The molecule has 2 aliphatic rings. The zero-order chi connectivity index (χ0) is 40.2. The van der Waals surface area contributed by atoms with E-state index in [1.807, 2.05) is 92.7 Å². The molecule has 0 bridgehead atoms. The Hall–Kier alpha value is -5.89. The first-order chi connectivity index (χ1) is 27.6. The molecule has 12 nitrogen and oxygen atoms in total. The summed E-state index contributed by atoms with van der Waals surface area (Å²) in [6.07, 6.45) is 0.584. The number of halogens is 2. The summed E-state index contributed by atoms with van der Waals surface area (Å²) < 4.78 is 34.2. The summed E-state index contributed by atoms with van der Waals surface area (Å²) >= 11 is 0. The van der Waals surface area contributed by atoms with Crippen molar-refractivity contribution in [1.82, 2.24) is 40.0 Å². The highest BCUT2D eigenvalue weighted by Crippen LogP contribution is 2.38. The van der Waals surface area contributed by atoms with Crippen molar-refractivity contribution in [2.45, 2.75) is 70.1 Å². The van der Waals surface area contributed by atoms with E-state index in [0.717, 1.165) is 39.2 Å². The number of aromatic amines is 2. The van der Waals surface area contributed by atoms with Gasteiger partial charge in [-0.15, -0.1) is 0 Å². The summed E-state index contributed by atoms with van der Waals surface area (Å²) in [6, 6.07) is 23.1. The number of alkyl halides is 2. The molecule has 0 spiro atoms. The molecular weight excluding hydrogens is 731 g/mol. The smallest absolute Gasteiger partial charge is 0.407 e. The molecule has 0 radical (unpaired) electrons. The Labute approximate surface area is 330 Å². The number of aromatic nitrogens is 4. The predicted octanol–water partition coefficient (Wildman–Crippen LogP) is 7.18. The molecular formula is C43H48F2N8O4. The topological polar surface area (TPSA) is 140 Å². The highest BCUT2D eigenvalue weighted by molar-refractivity contribution is 5.86. The van der Waals surface area contributed by atoms with Crippen molar-refractivity contribution < 1.29 is 27.9 Å². The van der Waals surface area contributed by atoms with E-state index in [0.29, 0.717) is 24.7 Å². The molecule has 2 fully saturated rings. The summed E-state index contributed by atoms with van der Waals surface area (Å²) in [7, 11) is 1.21. The Morgan fingerprint density at radius 3 is 1.67 bits per heavy atom.